The third-order valence-electron chi connectivity index (χ3n) is 2.67. The van der Waals surface area contributed by atoms with Crippen molar-refractivity contribution in [2.24, 2.45) is 0 Å². The molecule has 1 aromatic rings. The van der Waals surface area contributed by atoms with Crippen LogP contribution in [0.25, 0.3) is 0 Å². The maximum atomic E-state index is 12.2. The summed E-state index contributed by atoms with van der Waals surface area (Å²) in [5.41, 5.74) is 0.158. The van der Waals surface area contributed by atoms with E-state index in [9.17, 15) is 9.59 Å². The van der Waals surface area contributed by atoms with Crippen molar-refractivity contribution in [1.29, 1.82) is 0 Å². The predicted molar refractivity (Wildman–Crippen MR) is 65.6 cm³/mol. The first kappa shape index (κ1) is 15.2. The SMILES string of the molecule is CCN(C(=O)c1cc(COC)on1)C(C)CC(=O)O. The van der Waals surface area contributed by atoms with Gasteiger partial charge in [0.1, 0.15) is 6.61 Å². The average molecular weight is 270 g/mol. The molecule has 0 aliphatic heterocycles. The standard InChI is InChI=1S/C12H18N2O5/c1-4-14(8(2)5-11(15)16)12(17)10-6-9(7-18-3)19-13-10/h6,8H,4-5,7H2,1-3H3,(H,15,16). The van der Waals surface area contributed by atoms with Gasteiger partial charge in [0.05, 0.1) is 6.42 Å². The number of nitrogens with zero attached hydrogens (tertiary/aromatic N) is 2. The van der Waals surface area contributed by atoms with Gasteiger partial charge in [0.25, 0.3) is 5.91 Å². The van der Waals surface area contributed by atoms with Gasteiger partial charge in [0, 0.05) is 25.8 Å². The van der Waals surface area contributed by atoms with E-state index in [2.05, 4.69) is 5.16 Å². The van der Waals surface area contributed by atoms with Gasteiger partial charge in [0.15, 0.2) is 11.5 Å². The Balaban J connectivity index is 2.79. The Morgan fingerprint density at radius 2 is 2.26 bits per heavy atom. The minimum absolute atomic E-state index is 0.109. The highest BCUT2D eigenvalue weighted by molar-refractivity contribution is 5.92. The van der Waals surface area contributed by atoms with E-state index in [0.29, 0.717) is 12.3 Å². The second-order valence-electron chi connectivity index (χ2n) is 4.15. The van der Waals surface area contributed by atoms with E-state index in [1.807, 2.05) is 0 Å². The van der Waals surface area contributed by atoms with Crippen molar-refractivity contribution < 1.29 is 24.0 Å². The number of carboxylic acid groups (broad SMARTS) is 1. The zero-order valence-corrected chi connectivity index (χ0v) is 11.3. The molecule has 7 heteroatoms. The molecular weight excluding hydrogens is 252 g/mol. The summed E-state index contributed by atoms with van der Waals surface area (Å²) in [6, 6.07) is 1.10. The van der Waals surface area contributed by atoms with Crippen molar-refractivity contribution in [3.63, 3.8) is 0 Å². The van der Waals surface area contributed by atoms with Crippen LogP contribution in [-0.4, -0.2) is 46.7 Å². The number of carbonyl (C=O) groups is 2. The van der Waals surface area contributed by atoms with E-state index < -0.39 is 12.0 Å². The van der Waals surface area contributed by atoms with Crippen molar-refractivity contribution in [2.75, 3.05) is 13.7 Å². The van der Waals surface area contributed by atoms with Gasteiger partial charge in [-0.2, -0.15) is 0 Å². The molecule has 1 atom stereocenters. The van der Waals surface area contributed by atoms with Gasteiger partial charge < -0.3 is 19.3 Å². The number of rotatable bonds is 7. The summed E-state index contributed by atoms with van der Waals surface area (Å²) in [4.78, 5) is 24.3. The number of carboxylic acids is 1. The van der Waals surface area contributed by atoms with Crippen LogP contribution in [0, 0.1) is 0 Å². The molecule has 1 unspecified atom stereocenters. The maximum absolute atomic E-state index is 12.2. The van der Waals surface area contributed by atoms with Gasteiger partial charge in [0.2, 0.25) is 0 Å². The molecule has 0 spiro atoms. The zero-order chi connectivity index (χ0) is 14.4. The van der Waals surface area contributed by atoms with Crippen LogP contribution < -0.4 is 0 Å². The highest BCUT2D eigenvalue weighted by atomic mass is 16.5. The fraction of sp³-hybridized carbons (Fsp3) is 0.583. The first-order chi connectivity index (χ1) is 8.99. The minimum atomic E-state index is -0.945. The largest absolute Gasteiger partial charge is 0.481 e. The maximum Gasteiger partial charge on any atom is 0.305 e. The van der Waals surface area contributed by atoms with Crippen molar-refractivity contribution in [1.82, 2.24) is 10.1 Å². The minimum Gasteiger partial charge on any atom is -0.481 e. The normalized spacial score (nSPS) is 12.2. The molecule has 0 saturated heterocycles. The summed E-state index contributed by atoms with van der Waals surface area (Å²) in [5.74, 6) is -0.839. The van der Waals surface area contributed by atoms with E-state index in [1.165, 1.54) is 18.1 Å². The van der Waals surface area contributed by atoms with Crippen molar-refractivity contribution in [3.8, 4) is 0 Å². The summed E-state index contributed by atoms with van der Waals surface area (Å²) < 4.78 is 9.81. The Labute approximate surface area is 111 Å². The second-order valence-corrected chi connectivity index (χ2v) is 4.15. The molecule has 1 rings (SSSR count). The van der Waals surface area contributed by atoms with E-state index in [-0.39, 0.29) is 24.6 Å². The van der Waals surface area contributed by atoms with Crippen molar-refractivity contribution in [3.05, 3.63) is 17.5 Å². The molecule has 0 aromatic carbocycles. The molecule has 1 amide bonds. The quantitative estimate of drug-likeness (QED) is 0.798. The Bertz CT molecular complexity index is 443. The number of amides is 1. The lowest BCUT2D eigenvalue weighted by Gasteiger charge is -2.25. The average Bonchev–Trinajstić information content (AvgIpc) is 2.78. The lowest BCUT2D eigenvalue weighted by molar-refractivity contribution is -0.138. The smallest absolute Gasteiger partial charge is 0.305 e. The predicted octanol–water partition coefficient (Wildman–Crippen LogP) is 1.15. The molecule has 0 aliphatic rings. The molecule has 19 heavy (non-hydrogen) atoms. The Morgan fingerprint density at radius 3 is 2.79 bits per heavy atom. The first-order valence-electron chi connectivity index (χ1n) is 5.96. The van der Waals surface area contributed by atoms with Crippen LogP contribution in [-0.2, 0) is 16.1 Å². The summed E-state index contributed by atoms with van der Waals surface area (Å²) in [5, 5.41) is 12.4. The van der Waals surface area contributed by atoms with Crippen molar-refractivity contribution in [2.45, 2.75) is 32.9 Å². The Hall–Kier alpha value is -1.89. The number of methoxy groups -OCH3 is 1. The topological polar surface area (TPSA) is 92.9 Å². The summed E-state index contributed by atoms with van der Waals surface area (Å²) in [6.45, 7) is 4.11. The van der Waals surface area contributed by atoms with Crippen LogP contribution in [0.15, 0.2) is 10.6 Å². The number of aromatic nitrogens is 1. The third-order valence-corrected chi connectivity index (χ3v) is 2.67. The molecule has 0 radical (unpaired) electrons. The molecule has 1 heterocycles. The van der Waals surface area contributed by atoms with Crippen LogP contribution >= 0.6 is 0 Å². The molecule has 0 aliphatic carbocycles. The van der Waals surface area contributed by atoms with E-state index in [0.717, 1.165) is 0 Å². The van der Waals surface area contributed by atoms with Crippen molar-refractivity contribution >= 4 is 11.9 Å². The van der Waals surface area contributed by atoms with Crippen LogP contribution in [0.1, 0.15) is 36.5 Å². The van der Waals surface area contributed by atoms with Crippen LogP contribution in [0.3, 0.4) is 0 Å². The van der Waals surface area contributed by atoms with E-state index >= 15 is 0 Å². The third kappa shape index (κ3) is 4.06. The van der Waals surface area contributed by atoms with Crippen LogP contribution in [0.4, 0.5) is 0 Å². The molecular formula is C12H18N2O5. The number of aliphatic carboxylic acids is 1. The fourth-order valence-electron chi connectivity index (χ4n) is 1.79. The van der Waals surface area contributed by atoms with E-state index in [4.69, 9.17) is 14.4 Å². The van der Waals surface area contributed by atoms with Gasteiger partial charge in [-0.15, -0.1) is 0 Å². The number of carbonyl (C=O) groups excluding carboxylic acids is 1. The molecule has 1 aromatic heterocycles. The van der Waals surface area contributed by atoms with Gasteiger partial charge >= 0.3 is 5.97 Å². The summed E-state index contributed by atoms with van der Waals surface area (Å²) >= 11 is 0. The first-order valence-corrected chi connectivity index (χ1v) is 5.96. The zero-order valence-electron chi connectivity index (χ0n) is 11.3. The molecule has 7 nitrogen and oxygen atoms in total. The monoisotopic (exact) mass is 270 g/mol. The summed E-state index contributed by atoms with van der Waals surface area (Å²) in [6.07, 6.45) is -0.109. The lowest BCUT2D eigenvalue weighted by atomic mass is 10.2. The Morgan fingerprint density at radius 1 is 1.58 bits per heavy atom. The molecule has 0 bridgehead atoms. The van der Waals surface area contributed by atoms with Gasteiger partial charge in [-0.1, -0.05) is 5.16 Å². The summed E-state index contributed by atoms with van der Waals surface area (Å²) in [7, 11) is 1.51. The van der Waals surface area contributed by atoms with Crippen LogP contribution in [0.5, 0.6) is 0 Å². The van der Waals surface area contributed by atoms with E-state index in [1.54, 1.807) is 13.8 Å². The molecule has 106 valence electrons. The highest BCUT2D eigenvalue weighted by Gasteiger charge is 2.24. The van der Waals surface area contributed by atoms with Gasteiger partial charge in [-0.3, -0.25) is 9.59 Å². The molecule has 1 N–H and O–H groups in total. The number of hydrogen-bond donors (Lipinski definition) is 1. The highest BCUT2D eigenvalue weighted by Crippen LogP contribution is 2.12. The molecule has 0 saturated carbocycles. The number of ether oxygens (including phenoxy) is 1. The molecule has 0 fully saturated rings. The second kappa shape index (κ2) is 6.89. The lowest BCUT2D eigenvalue weighted by Crippen LogP contribution is -2.39. The van der Waals surface area contributed by atoms with Gasteiger partial charge in [-0.25, -0.2) is 0 Å². The Kier molecular flexibility index (Phi) is 5.50. The van der Waals surface area contributed by atoms with Crippen LogP contribution in [0.2, 0.25) is 0 Å². The van der Waals surface area contributed by atoms with Gasteiger partial charge in [-0.05, 0) is 13.8 Å². The fourth-order valence-corrected chi connectivity index (χ4v) is 1.79. The number of hydrogen-bond acceptors (Lipinski definition) is 5.